The summed E-state index contributed by atoms with van der Waals surface area (Å²) in [5, 5.41) is 9.01. The van der Waals surface area contributed by atoms with Gasteiger partial charge in [0.25, 0.3) is 0 Å². The third kappa shape index (κ3) is 5.57. The van der Waals surface area contributed by atoms with E-state index in [1.54, 1.807) is 19.1 Å². The van der Waals surface area contributed by atoms with E-state index in [4.69, 9.17) is 9.84 Å². The normalized spacial score (nSPS) is 14.7. The van der Waals surface area contributed by atoms with Crippen molar-refractivity contribution >= 4 is 11.9 Å². The Morgan fingerprint density at radius 1 is 0.929 bits per heavy atom. The van der Waals surface area contributed by atoms with Gasteiger partial charge in [-0.1, -0.05) is 24.3 Å². The second kappa shape index (κ2) is 9.37. The van der Waals surface area contributed by atoms with E-state index < -0.39 is 6.09 Å². The lowest BCUT2D eigenvalue weighted by atomic mass is 10.1. The Labute approximate surface area is 165 Å². The van der Waals surface area contributed by atoms with Crippen molar-refractivity contribution in [2.75, 3.05) is 32.8 Å². The topological polar surface area (TPSA) is 70.1 Å². The van der Waals surface area contributed by atoms with Gasteiger partial charge < -0.3 is 14.7 Å². The zero-order chi connectivity index (χ0) is 19.9. The van der Waals surface area contributed by atoms with Crippen LogP contribution in [0.5, 0.6) is 5.75 Å². The van der Waals surface area contributed by atoms with Gasteiger partial charge in [-0.15, -0.1) is 0 Å². The number of nitrogens with zero attached hydrogens (tertiary/aromatic N) is 2. The first-order valence-corrected chi connectivity index (χ1v) is 9.53. The Bertz CT molecular complexity index is 794. The number of piperazine rings is 1. The van der Waals surface area contributed by atoms with Crippen LogP contribution in [0, 0.1) is 0 Å². The highest BCUT2D eigenvalue weighted by molar-refractivity contribution is 5.94. The Morgan fingerprint density at radius 2 is 1.54 bits per heavy atom. The van der Waals surface area contributed by atoms with Gasteiger partial charge in [-0.2, -0.15) is 0 Å². The Hall–Kier alpha value is -2.86. The fourth-order valence-corrected chi connectivity index (χ4v) is 3.24. The highest BCUT2D eigenvalue weighted by Crippen LogP contribution is 2.14. The number of ketones is 1. The molecule has 0 radical (unpaired) electrons. The van der Waals surface area contributed by atoms with Crippen LogP contribution in [-0.4, -0.2) is 59.6 Å². The first-order valence-electron chi connectivity index (χ1n) is 9.53. The van der Waals surface area contributed by atoms with Crippen molar-refractivity contribution in [3.63, 3.8) is 0 Å². The van der Waals surface area contributed by atoms with E-state index in [0.29, 0.717) is 25.3 Å². The summed E-state index contributed by atoms with van der Waals surface area (Å²) in [7, 11) is 0. The number of amides is 1. The quantitative estimate of drug-likeness (QED) is 0.744. The van der Waals surface area contributed by atoms with Crippen LogP contribution in [0.2, 0.25) is 0 Å². The van der Waals surface area contributed by atoms with Gasteiger partial charge in [-0.25, -0.2) is 4.79 Å². The van der Waals surface area contributed by atoms with Crippen molar-refractivity contribution < 1.29 is 19.4 Å². The lowest BCUT2D eigenvalue weighted by molar-refractivity contribution is 0.101. The number of carbonyl (C=O) groups excluding carboxylic acids is 1. The van der Waals surface area contributed by atoms with Gasteiger partial charge in [0.05, 0.1) is 6.61 Å². The van der Waals surface area contributed by atoms with E-state index in [1.807, 2.05) is 12.1 Å². The van der Waals surface area contributed by atoms with E-state index in [-0.39, 0.29) is 5.78 Å². The Morgan fingerprint density at radius 3 is 2.11 bits per heavy atom. The predicted molar refractivity (Wildman–Crippen MR) is 107 cm³/mol. The summed E-state index contributed by atoms with van der Waals surface area (Å²) in [5.41, 5.74) is 3.13. The zero-order valence-electron chi connectivity index (χ0n) is 16.1. The molecule has 6 heteroatoms. The van der Waals surface area contributed by atoms with Gasteiger partial charge in [-0.3, -0.25) is 9.69 Å². The molecule has 0 spiro atoms. The van der Waals surface area contributed by atoms with Crippen molar-refractivity contribution in [3.8, 4) is 5.75 Å². The largest absolute Gasteiger partial charge is 0.493 e. The summed E-state index contributed by atoms with van der Waals surface area (Å²) < 4.78 is 5.75. The summed E-state index contributed by atoms with van der Waals surface area (Å²) in [4.78, 5) is 26.0. The molecule has 0 unspecified atom stereocenters. The second-order valence-corrected chi connectivity index (χ2v) is 7.04. The number of rotatable bonds is 7. The number of benzene rings is 2. The smallest absolute Gasteiger partial charge is 0.407 e. The molecule has 0 atom stereocenters. The van der Waals surface area contributed by atoms with Crippen LogP contribution in [0.15, 0.2) is 48.5 Å². The molecule has 148 valence electrons. The lowest BCUT2D eigenvalue weighted by Crippen LogP contribution is -2.47. The monoisotopic (exact) mass is 382 g/mol. The first kappa shape index (κ1) is 19.9. The SMILES string of the molecule is CC(=O)c1ccc(OCCc2ccc(CN3CCN(C(=O)O)CC3)cc2)cc1. The molecule has 2 aromatic carbocycles. The molecule has 0 aliphatic carbocycles. The van der Waals surface area contributed by atoms with E-state index in [2.05, 4.69) is 29.2 Å². The van der Waals surface area contributed by atoms with Crippen molar-refractivity contribution in [2.24, 2.45) is 0 Å². The molecular weight excluding hydrogens is 356 g/mol. The van der Waals surface area contributed by atoms with Crippen molar-refractivity contribution in [3.05, 3.63) is 65.2 Å². The number of carbonyl (C=O) groups is 2. The molecule has 1 amide bonds. The molecule has 0 aromatic heterocycles. The number of hydrogen-bond acceptors (Lipinski definition) is 4. The van der Waals surface area contributed by atoms with E-state index in [0.717, 1.165) is 31.8 Å². The minimum absolute atomic E-state index is 0.0513. The fourth-order valence-electron chi connectivity index (χ4n) is 3.24. The van der Waals surface area contributed by atoms with Gasteiger partial charge in [0.2, 0.25) is 0 Å². The van der Waals surface area contributed by atoms with Crippen LogP contribution in [0.4, 0.5) is 4.79 Å². The summed E-state index contributed by atoms with van der Waals surface area (Å²) in [5.74, 6) is 0.817. The highest BCUT2D eigenvalue weighted by Gasteiger charge is 2.20. The van der Waals surface area contributed by atoms with Crippen LogP contribution in [0.1, 0.15) is 28.4 Å². The van der Waals surface area contributed by atoms with Gasteiger partial charge in [0.15, 0.2) is 5.78 Å². The third-order valence-electron chi connectivity index (χ3n) is 4.99. The summed E-state index contributed by atoms with van der Waals surface area (Å²) >= 11 is 0. The molecule has 1 saturated heterocycles. The van der Waals surface area contributed by atoms with Crippen LogP contribution in [0.25, 0.3) is 0 Å². The Kier molecular flexibility index (Phi) is 6.66. The third-order valence-corrected chi connectivity index (χ3v) is 4.99. The molecule has 1 N–H and O–H groups in total. The Balaban J connectivity index is 1.42. The molecule has 28 heavy (non-hydrogen) atoms. The first-order chi connectivity index (χ1) is 13.5. The average Bonchev–Trinajstić information content (AvgIpc) is 2.70. The van der Waals surface area contributed by atoms with Crippen molar-refractivity contribution in [1.82, 2.24) is 9.80 Å². The fraction of sp³-hybridized carbons (Fsp3) is 0.364. The van der Waals surface area contributed by atoms with Crippen LogP contribution in [-0.2, 0) is 13.0 Å². The molecular formula is C22H26N2O4. The van der Waals surface area contributed by atoms with E-state index in [9.17, 15) is 9.59 Å². The summed E-state index contributed by atoms with van der Waals surface area (Å²) in [6.07, 6.45) is -0.0209. The zero-order valence-corrected chi connectivity index (χ0v) is 16.1. The standard InChI is InChI=1S/C22H26N2O4/c1-17(25)20-6-8-21(9-7-20)28-15-10-18-2-4-19(5-3-18)16-23-11-13-24(14-12-23)22(26)27/h2-9H,10-16H2,1H3,(H,26,27). The minimum Gasteiger partial charge on any atom is -0.493 e. The highest BCUT2D eigenvalue weighted by atomic mass is 16.5. The maximum atomic E-state index is 11.3. The molecule has 6 nitrogen and oxygen atoms in total. The minimum atomic E-state index is -0.832. The van der Waals surface area contributed by atoms with Gasteiger partial charge in [0.1, 0.15) is 5.75 Å². The predicted octanol–water partition coefficient (Wildman–Crippen LogP) is 3.31. The molecule has 1 aliphatic rings. The lowest BCUT2D eigenvalue weighted by Gasteiger charge is -2.33. The van der Waals surface area contributed by atoms with Crippen LogP contribution in [0.3, 0.4) is 0 Å². The number of Topliss-reactive ketones (excluding diaryl/α,β-unsaturated/α-hetero) is 1. The molecule has 2 aromatic rings. The summed E-state index contributed by atoms with van der Waals surface area (Å²) in [6.45, 7) is 5.64. The molecule has 1 fully saturated rings. The van der Waals surface area contributed by atoms with E-state index >= 15 is 0 Å². The van der Waals surface area contributed by atoms with Gasteiger partial charge >= 0.3 is 6.09 Å². The molecule has 1 heterocycles. The molecule has 3 rings (SSSR count). The maximum absolute atomic E-state index is 11.3. The maximum Gasteiger partial charge on any atom is 0.407 e. The van der Waals surface area contributed by atoms with E-state index in [1.165, 1.54) is 16.0 Å². The second-order valence-electron chi connectivity index (χ2n) is 7.04. The number of hydrogen-bond donors (Lipinski definition) is 1. The van der Waals surface area contributed by atoms with Crippen molar-refractivity contribution in [2.45, 2.75) is 19.9 Å². The number of ether oxygens (including phenoxy) is 1. The molecule has 0 saturated carbocycles. The number of carboxylic acid groups (broad SMARTS) is 1. The molecule has 0 bridgehead atoms. The summed E-state index contributed by atoms with van der Waals surface area (Å²) in [6, 6.07) is 15.7. The average molecular weight is 382 g/mol. The van der Waals surface area contributed by atoms with Gasteiger partial charge in [-0.05, 0) is 42.3 Å². The van der Waals surface area contributed by atoms with Crippen LogP contribution >= 0.6 is 0 Å². The van der Waals surface area contributed by atoms with Gasteiger partial charge in [0, 0.05) is 44.7 Å². The van der Waals surface area contributed by atoms with Crippen molar-refractivity contribution in [1.29, 1.82) is 0 Å². The molecule has 1 aliphatic heterocycles. The van der Waals surface area contributed by atoms with Crippen LogP contribution < -0.4 is 4.74 Å².